The van der Waals surface area contributed by atoms with Crippen molar-refractivity contribution in [3.05, 3.63) is 52.5 Å². The Kier molecular flexibility index (Phi) is 6.82. The van der Waals surface area contributed by atoms with Gasteiger partial charge < -0.3 is 14.2 Å². The zero-order valence-corrected chi connectivity index (χ0v) is 15.7. The van der Waals surface area contributed by atoms with Gasteiger partial charge in [0.05, 0.1) is 24.9 Å². The van der Waals surface area contributed by atoms with E-state index < -0.39 is 6.10 Å². The second-order valence-electron chi connectivity index (χ2n) is 5.04. The highest BCUT2D eigenvalue weighted by molar-refractivity contribution is 9.10. The Balaban J connectivity index is 1.95. The van der Waals surface area contributed by atoms with E-state index in [0.29, 0.717) is 17.2 Å². The number of amides is 1. The van der Waals surface area contributed by atoms with Gasteiger partial charge in [0.25, 0.3) is 5.91 Å². The molecule has 0 radical (unpaired) electrons. The smallest absolute Gasteiger partial charge is 0.280 e. The van der Waals surface area contributed by atoms with Gasteiger partial charge in [0, 0.05) is 0 Å². The summed E-state index contributed by atoms with van der Waals surface area (Å²) in [5.74, 6) is 1.45. The second-order valence-corrected chi connectivity index (χ2v) is 5.89. The molecule has 0 fully saturated rings. The number of rotatable bonds is 7. The van der Waals surface area contributed by atoms with Crippen LogP contribution in [0.25, 0.3) is 0 Å². The van der Waals surface area contributed by atoms with Gasteiger partial charge in [-0.25, -0.2) is 5.43 Å². The quantitative estimate of drug-likeness (QED) is 0.565. The normalized spacial score (nSPS) is 11.8. The zero-order valence-electron chi connectivity index (χ0n) is 14.2. The molecular formula is C18H19BrN2O4. The van der Waals surface area contributed by atoms with E-state index >= 15 is 0 Å². The van der Waals surface area contributed by atoms with E-state index in [1.807, 2.05) is 18.2 Å². The molecule has 0 bridgehead atoms. The van der Waals surface area contributed by atoms with Crippen molar-refractivity contribution in [2.75, 3.05) is 14.2 Å². The van der Waals surface area contributed by atoms with E-state index in [4.69, 9.17) is 14.2 Å². The van der Waals surface area contributed by atoms with E-state index in [2.05, 4.69) is 26.5 Å². The average molecular weight is 407 g/mol. The summed E-state index contributed by atoms with van der Waals surface area (Å²) in [5, 5.41) is 3.94. The summed E-state index contributed by atoms with van der Waals surface area (Å²) in [6.45, 7) is 1.65. The van der Waals surface area contributed by atoms with Crippen LogP contribution in [0, 0.1) is 0 Å². The van der Waals surface area contributed by atoms with E-state index in [0.717, 1.165) is 10.0 Å². The topological polar surface area (TPSA) is 69.2 Å². The third kappa shape index (κ3) is 5.22. The van der Waals surface area contributed by atoms with Crippen LogP contribution in [-0.2, 0) is 4.79 Å². The Bertz CT molecular complexity index is 764. The minimum Gasteiger partial charge on any atom is -0.493 e. The predicted octanol–water partition coefficient (Wildman–Crippen LogP) is 3.38. The first-order valence-electron chi connectivity index (χ1n) is 7.51. The largest absolute Gasteiger partial charge is 0.493 e. The molecule has 1 N–H and O–H groups in total. The van der Waals surface area contributed by atoms with Crippen molar-refractivity contribution >= 4 is 28.1 Å². The van der Waals surface area contributed by atoms with Gasteiger partial charge in [-0.05, 0) is 58.7 Å². The van der Waals surface area contributed by atoms with E-state index in [1.165, 1.54) is 6.21 Å². The zero-order chi connectivity index (χ0) is 18.2. The summed E-state index contributed by atoms with van der Waals surface area (Å²) in [6, 6.07) is 12.7. The van der Waals surface area contributed by atoms with Crippen LogP contribution in [-0.4, -0.2) is 32.4 Å². The minimum atomic E-state index is -0.693. The Hall–Kier alpha value is -2.54. The summed E-state index contributed by atoms with van der Waals surface area (Å²) >= 11 is 3.37. The summed E-state index contributed by atoms with van der Waals surface area (Å²) in [7, 11) is 3.12. The maximum atomic E-state index is 12.1. The van der Waals surface area contributed by atoms with Crippen molar-refractivity contribution in [2.24, 2.45) is 5.10 Å². The monoisotopic (exact) mass is 406 g/mol. The Morgan fingerprint density at radius 3 is 2.52 bits per heavy atom. The molecule has 0 saturated carbocycles. The summed E-state index contributed by atoms with van der Waals surface area (Å²) < 4.78 is 16.8. The van der Waals surface area contributed by atoms with Crippen molar-refractivity contribution < 1.29 is 19.0 Å². The number of carbonyl (C=O) groups excluding carboxylic acids is 1. The average Bonchev–Trinajstić information content (AvgIpc) is 2.63. The van der Waals surface area contributed by atoms with Gasteiger partial charge in [-0.15, -0.1) is 0 Å². The van der Waals surface area contributed by atoms with Crippen LogP contribution in [0.5, 0.6) is 17.2 Å². The Morgan fingerprint density at radius 2 is 1.84 bits per heavy atom. The number of nitrogens with one attached hydrogen (secondary N) is 1. The highest BCUT2D eigenvalue weighted by atomic mass is 79.9. The third-order valence-electron chi connectivity index (χ3n) is 3.31. The van der Waals surface area contributed by atoms with Crippen molar-refractivity contribution in [3.8, 4) is 17.2 Å². The first-order valence-corrected chi connectivity index (χ1v) is 8.30. The summed E-state index contributed by atoms with van der Waals surface area (Å²) in [5.41, 5.74) is 3.22. The molecule has 7 heteroatoms. The molecule has 0 saturated heterocycles. The fraction of sp³-hybridized carbons (Fsp3) is 0.222. The molecule has 2 aromatic carbocycles. The molecule has 0 aliphatic carbocycles. The molecule has 0 aliphatic heterocycles. The maximum absolute atomic E-state index is 12.1. The molecule has 1 amide bonds. The number of hydrogen-bond acceptors (Lipinski definition) is 5. The third-order valence-corrected chi connectivity index (χ3v) is 3.96. The highest BCUT2D eigenvalue weighted by Crippen LogP contribution is 2.27. The van der Waals surface area contributed by atoms with E-state index in [9.17, 15) is 4.79 Å². The lowest BCUT2D eigenvalue weighted by molar-refractivity contribution is -0.127. The van der Waals surface area contributed by atoms with Gasteiger partial charge in [0.15, 0.2) is 17.6 Å². The molecule has 0 unspecified atom stereocenters. The van der Waals surface area contributed by atoms with E-state index in [1.54, 1.807) is 45.4 Å². The van der Waals surface area contributed by atoms with Crippen LogP contribution in [0.1, 0.15) is 12.5 Å². The molecule has 2 aromatic rings. The van der Waals surface area contributed by atoms with Crippen molar-refractivity contribution in [3.63, 3.8) is 0 Å². The van der Waals surface area contributed by atoms with Gasteiger partial charge in [-0.3, -0.25) is 4.79 Å². The number of benzene rings is 2. The number of halogens is 1. The molecule has 0 heterocycles. The number of methoxy groups -OCH3 is 2. The molecular weight excluding hydrogens is 388 g/mol. The summed E-state index contributed by atoms with van der Waals surface area (Å²) in [6.07, 6.45) is 0.826. The van der Waals surface area contributed by atoms with Crippen LogP contribution in [0.15, 0.2) is 52.0 Å². The lowest BCUT2D eigenvalue weighted by atomic mass is 10.2. The molecule has 6 nitrogen and oxygen atoms in total. The number of hydrogen-bond donors (Lipinski definition) is 1. The fourth-order valence-corrected chi connectivity index (χ4v) is 2.36. The van der Waals surface area contributed by atoms with Crippen molar-refractivity contribution in [1.82, 2.24) is 5.43 Å². The lowest BCUT2D eigenvalue weighted by Gasteiger charge is -2.14. The number of ether oxygens (including phenoxy) is 3. The number of para-hydroxylation sites is 1. The van der Waals surface area contributed by atoms with Crippen molar-refractivity contribution in [1.29, 1.82) is 0 Å². The molecule has 25 heavy (non-hydrogen) atoms. The minimum absolute atomic E-state index is 0.354. The predicted molar refractivity (Wildman–Crippen MR) is 99.5 cm³/mol. The summed E-state index contributed by atoms with van der Waals surface area (Å²) in [4.78, 5) is 12.1. The maximum Gasteiger partial charge on any atom is 0.280 e. The van der Waals surface area contributed by atoms with Crippen LogP contribution in [0.2, 0.25) is 0 Å². The number of nitrogens with zero attached hydrogens (tertiary/aromatic N) is 1. The first kappa shape index (κ1) is 18.8. The highest BCUT2D eigenvalue weighted by Gasteiger charge is 2.15. The molecule has 132 valence electrons. The van der Waals surface area contributed by atoms with E-state index in [-0.39, 0.29) is 5.91 Å². The van der Waals surface area contributed by atoms with Gasteiger partial charge >= 0.3 is 0 Å². The van der Waals surface area contributed by atoms with Gasteiger partial charge in [0.1, 0.15) is 5.75 Å². The van der Waals surface area contributed by atoms with Crippen molar-refractivity contribution in [2.45, 2.75) is 13.0 Å². The second kappa shape index (κ2) is 9.08. The molecule has 2 rings (SSSR count). The first-order chi connectivity index (χ1) is 12.0. The van der Waals surface area contributed by atoms with Crippen LogP contribution in [0.3, 0.4) is 0 Å². The molecule has 1 atom stereocenters. The number of hydrazone groups is 1. The van der Waals surface area contributed by atoms with Gasteiger partial charge in [-0.2, -0.15) is 5.10 Å². The molecule has 0 aromatic heterocycles. The van der Waals surface area contributed by atoms with Crippen LogP contribution in [0.4, 0.5) is 0 Å². The standard InChI is InChI=1S/C18H19BrN2O4/c1-12(25-15-7-5-4-6-14(15)19)18(22)21-20-11-13-8-9-16(23-2)17(10-13)24-3/h4-12H,1-3H3,(H,21,22)/t12-/m1/s1. The van der Waals surface area contributed by atoms with Gasteiger partial charge in [-0.1, -0.05) is 12.1 Å². The number of carbonyl (C=O) groups is 1. The fourth-order valence-electron chi connectivity index (χ4n) is 1.98. The van der Waals surface area contributed by atoms with Gasteiger partial charge in [0.2, 0.25) is 0 Å². The lowest BCUT2D eigenvalue weighted by Crippen LogP contribution is -2.33. The van der Waals surface area contributed by atoms with Crippen LogP contribution < -0.4 is 19.6 Å². The Labute approximate surface area is 154 Å². The SMILES string of the molecule is COc1ccc(C=NNC(=O)[C@@H](C)Oc2ccccc2Br)cc1OC. The molecule has 0 aliphatic rings. The van der Waals surface area contributed by atoms with Crippen LogP contribution >= 0.6 is 15.9 Å². The Morgan fingerprint density at radius 1 is 1.12 bits per heavy atom. The molecule has 0 spiro atoms.